The number of aromatic nitrogens is 2. The van der Waals surface area contributed by atoms with Crippen LogP contribution in [-0.4, -0.2) is 9.97 Å². The summed E-state index contributed by atoms with van der Waals surface area (Å²) in [6.07, 6.45) is 3.47. The Morgan fingerprint density at radius 2 is 1.33 bits per heavy atom. The zero-order chi connectivity index (χ0) is 9.80. The van der Waals surface area contributed by atoms with Crippen LogP contribution in [-0.2, 0) is 0 Å². The SMILES string of the molecule is Cl.NC(c1ccccn1)c1ccccn1. The Balaban J connectivity index is 0.00000112. The molecule has 3 nitrogen and oxygen atoms in total. The van der Waals surface area contributed by atoms with E-state index in [0.717, 1.165) is 11.4 Å². The summed E-state index contributed by atoms with van der Waals surface area (Å²) in [6, 6.07) is 11.1. The molecule has 0 aliphatic rings. The number of nitrogens with zero attached hydrogens (tertiary/aromatic N) is 2. The van der Waals surface area contributed by atoms with Crippen molar-refractivity contribution in [3.8, 4) is 0 Å². The second-order valence-electron chi connectivity index (χ2n) is 2.99. The molecule has 15 heavy (non-hydrogen) atoms. The number of nitrogens with two attached hydrogens (primary N) is 1. The van der Waals surface area contributed by atoms with E-state index in [1.807, 2.05) is 36.4 Å². The molecular weight excluding hydrogens is 210 g/mol. The van der Waals surface area contributed by atoms with Crippen LogP contribution in [0.3, 0.4) is 0 Å². The molecule has 0 aliphatic heterocycles. The van der Waals surface area contributed by atoms with E-state index < -0.39 is 0 Å². The van der Waals surface area contributed by atoms with Gasteiger partial charge in [0, 0.05) is 12.4 Å². The molecular formula is C11H12ClN3. The summed E-state index contributed by atoms with van der Waals surface area (Å²) in [6.45, 7) is 0. The normalized spacial score (nSPS) is 9.73. The summed E-state index contributed by atoms with van der Waals surface area (Å²) >= 11 is 0. The summed E-state index contributed by atoms with van der Waals surface area (Å²) in [5, 5.41) is 0. The van der Waals surface area contributed by atoms with E-state index in [4.69, 9.17) is 5.73 Å². The van der Waals surface area contributed by atoms with Crippen LogP contribution in [0.25, 0.3) is 0 Å². The highest BCUT2D eigenvalue weighted by molar-refractivity contribution is 5.85. The summed E-state index contributed by atoms with van der Waals surface area (Å²) in [5.74, 6) is 0. The monoisotopic (exact) mass is 221 g/mol. The van der Waals surface area contributed by atoms with Crippen molar-refractivity contribution in [2.24, 2.45) is 5.73 Å². The first-order chi connectivity index (χ1) is 6.88. The lowest BCUT2D eigenvalue weighted by Crippen LogP contribution is -2.14. The lowest BCUT2D eigenvalue weighted by Gasteiger charge is -2.09. The number of hydrogen-bond donors (Lipinski definition) is 1. The Labute approximate surface area is 94.8 Å². The molecule has 0 fully saturated rings. The van der Waals surface area contributed by atoms with E-state index in [2.05, 4.69) is 9.97 Å². The fraction of sp³-hybridized carbons (Fsp3) is 0.0909. The van der Waals surface area contributed by atoms with Gasteiger partial charge in [0.15, 0.2) is 0 Å². The summed E-state index contributed by atoms with van der Waals surface area (Å²) in [7, 11) is 0. The minimum absolute atomic E-state index is 0. The first-order valence-electron chi connectivity index (χ1n) is 4.45. The molecule has 0 saturated carbocycles. The molecule has 0 atom stereocenters. The quantitative estimate of drug-likeness (QED) is 0.844. The second-order valence-corrected chi connectivity index (χ2v) is 2.99. The van der Waals surface area contributed by atoms with Crippen molar-refractivity contribution in [2.75, 3.05) is 0 Å². The van der Waals surface area contributed by atoms with Gasteiger partial charge in [-0.25, -0.2) is 0 Å². The van der Waals surface area contributed by atoms with Crippen molar-refractivity contribution < 1.29 is 0 Å². The Bertz CT molecular complexity index is 352. The zero-order valence-electron chi connectivity index (χ0n) is 8.08. The molecule has 2 aromatic heterocycles. The molecule has 2 aromatic rings. The predicted octanol–water partition coefficient (Wildman–Crippen LogP) is 1.95. The van der Waals surface area contributed by atoms with Crippen LogP contribution in [0.4, 0.5) is 0 Å². The molecule has 0 bridgehead atoms. The van der Waals surface area contributed by atoms with Gasteiger partial charge >= 0.3 is 0 Å². The molecule has 2 heterocycles. The maximum absolute atomic E-state index is 5.99. The third-order valence-electron chi connectivity index (χ3n) is 2.01. The molecule has 0 saturated heterocycles. The molecule has 78 valence electrons. The third-order valence-corrected chi connectivity index (χ3v) is 2.01. The third kappa shape index (κ3) is 2.75. The fourth-order valence-corrected chi connectivity index (χ4v) is 1.27. The lowest BCUT2D eigenvalue weighted by molar-refractivity contribution is 0.794. The Hall–Kier alpha value is -1.45. The van der Waals surface area contributed by atoms with Crippen LogP contribution in [0.15, 0.2) is 48.8 Å². The second kappa shape index (κ2) is 5.44. The minimum atomic E-state index is -0.239. The summed E-state index contributed by atoms with van der Waals surface area (Å²) in [5.41, 5.74) is 7.67. The maximum Gasteiger partial charge on any atom is 0.0900 e. The zero-order valence-corrected chi connectivity index (χ0v) is 8.89. The maximum atomic E-state index is 5.99. The first-order valence-corrected chi connectivity index (χ1v) is 4.45. The van der Waals surface area contributed by atoms with Crippen molar-refractivity contribution in [3.63, 3.8) is 0 Å². The van der Waals surface area contributed by atoms with Crippen LogP contribution in [0.1, 0.15) is 17.4 Å². The van der Waals surface area contributed by atoms with E-state index in [0.29, 0.717) is 0 Å². The molecule has 0 radical (unpaired) electrons. The Kier molecular flexibility index (Phi) is 4.21. The van der Waals surface area contributed by atoms with Crippen LogP contribution >= 0.6 is 12.4 Å². The Morgan fingerprint density at radius 1 is 0.867 bits per heavy atom. The molecule has 0 unspecified atom stereocenters. The standard InChI is InChI=1S/C11H11N3.ClH/c12-11(9-5-1-3-7-13-9)10-6-2-4-8-14-10;/h1-8,11H,12H2;1H. The van der Waals surface area contributed by atoms with E-state index >= 15 is 0 Å². The van der Waals surface area contributed by atoms with Crippen molar-refractivity contribution >= 4 is 12.4 Å². The highest BCUT2D eigenvalue weighted by Crippen LogP contribution is 2.13. The van der Waals surface area contributed by atoms with Gasteiger partial charge in [-0.1, -0.05) is 12.1 Å². The highest BCUT2D eigenvalue weighted by atomic mass is 35.5. The van der Waals surface area contributed by atoms with Crippen molar-refractivity contribution in [1.82, 2.24) is 9.97 Å². The van der Waals surface area contributed by atoms with E-state index in [-0.39, 0.29) is 18.4 Å². The molecule has 0 aromatic carbocycles. The van der Waals surface area contributed by atoms with Crippen molar-refractivity contribution in [3.05, 3.63) is 60.2 Å². The lowest BCUT2D eigenvalue weighted by atomic mass is 10.1. The van der Waals surface area contributed by atoms with Crippen molar-refractivity contribution in [2.45, 2.75) is 6.04 Å². The van der Waals surface area contributed by atoms with Gasteiger partial charge < -0.3 is 5.73 Å². The first kappa shape index (κ1) is 11.6. The van der Waals surface area contributed by atoms with Gasteiger partial charge in [0.25, 0.3) is 0 Å². The smallest absolute Gasteiger partial charge is 0.0900 e. The molecule has 0 aliphatic carbocycles. The van der Waals surface area contributed by atoms with Gasteiger partial charge in [-0.2, -0.15) is 0 Å². The number of halogens is 1. The largest absolute Gasteiger partial charge is 0.318 e. The van der Waals surface area contributed by atoms with Gasteiger partial charge in [0.2, 0.25) is 0 Å². The predicted molar refractivity (Wildman–Crippen MR) is 61.8 cm³/mol. The Morgan fingerprint density at radius 3 is 1.67 bits per heavy atom. The molecule has 2 N–H and O–H groups in total. The molecule has 0 spiro atoms. The molecule has 2 rings (SSSR count). The minimum Gasteiger partial charge on any atom is -0.318 e. The molecule has 0 amide bonds. The van der Waals surface area contributed by atoms with Gasteiger partial charge in [0.1, 0.15) is 0 Å². The van der Waals surface area contributed by atoms with Gasteiger partial charge in [-0.3, -0.25) is 9.97 Å². The topological polar surface area (TPSA) is 51.8 Å². The highest BCUT2D eigenvalue weighted by Gasteiger charge is 2.09. The van der Waals surface area contributed by atoms with Gasteiger partial charge in [-0.05, 0) is 24.3 Å². The average molecular weight is 222 g/mol. The van der Waals surface area contributed by atoms with Crippen LogP contribution in [0.2, 0.25) is 0 Å². The molecule has 4 heteroatoms. The van der Waals surface area contributed by atoms with Gasteiger partial charge in [-0.15, -0.1) is 12.4 Å². The number of rotatable bonds is 2. The van der Waals surface area contributed by atoms with E-state index in [9.17, 15) is 0 Å². The summed E-state index contributed by atoms with van der Waals surface area (Å²) < 4.78 is 0. The van der Waals surface area contributed by atoms with E-state index in [1.165, 1.54) is 0 Å². The van der Waals surface area contributed by atoms with Crippen LogP contribution in [0.5, 0.6) is 0 Å². The van der Waals surface area contributed by atoms with Crippen molar-refractivity contribution in [1.29, 1.82) is 0 Å². The number of hydrogen-bond acceptors (Lipinski definition) is 3. The van der Waals surface area contributed by atoms with Crippen LogP contribution in [0, 0.1) is 0 Å². The average Bonchev–Trinajstić information content (AvgIpc) is 2.30. The van der Waals surface area contributed by atoms with E-state index in [1.54, 1.807) is 12.4 Å². The van der Waals surface area contributed by atoms with Crippen LogP contribution < -0.4 is 5.73 Å². The number of pyridine rings is 2. The van der Waals surface area contributed by atoms with Gasteiger partial charge in [0.05, 0.1) is 17.4 Å². The fourth-order valence-electron chi connectivity index (χ4n) is 1.27. The summed E-state index contributed by atoms with van der Waals surface area (Å²) in [4.78, 5) is 8.38.